The lowest BCUT2D eigenvalue weighted by Crippen LogP contribution is -2.44. The van der Waals surface area contributed by atoms with Gasteiger partial charge in [0.15, 0.2) is 0 Å². The highest BCUT2D eigenvalue weighted by Crippen LogP contribution is 2.44. The Morgan fingerprint density at radius 1 is 1.14 bits per heavy atom. The molecule has 3 amide bonds. The van der Waals surface area contributed by atoms with Gasteiger partial charge in [0.25, 0.3) is 5.91 Å². The van der Waals surface area contributed by atoms with Crippen LogP contribution in [0.5, 0.6) is 5.75 Å². The number of phenolic OH excluding ortho intramolecular Hbond substituents is 1. The summed E-state index contributed by atoms with van der Waals surface area (Å²) >= 11 is 5.83. The number of imide groups is 1. The van der Waals surface area contributed by atoms with Gasteiger partial charge in [-0.15, -0.1) is 11.6 Å². The van der Waals surface area contributed by atoms with E-state index in [0.29, 0.717) is 6.42 Å². The Kier molecular flexibility index (Phi) is 3.84. The van der Waals surface area contributed by atoms with E-state index >= 15 is 0 Å². The van der Waals surface area contributed by atoms with Crippen LogP contribution < -0.4 is 0 Å². The number of hydrogen-bond donors (Lipinski definition) is 2. The predicted molar refractivity (Wildman–Crippen MR) is 105 cm³/mol. The average molecular weight is 396 g/mol. The molecule has 0 radical (unpaired) electrons. The molecule has 0 bridgehead atoms. The molecule has 142 valence electrons. The molecule has 5 rings (SSSR count). The second kappa shape index (κ2) is 6.27. The maximum absolute atomic E-state index is 13.1. The first-order valence-corrected chi connectivity index (χ1v) is 9.71. The summed E-state index contributed by atoms with van der Waals surface area (Å²) in [7, 11) is 0. The standard InChI is InChI=1S/C21H18ClN3O3/c22-8-9-24-20(27)17-11-15-14-6-1-2-7-16(14)23-18(15)19(25(17)21(24)28)12-4-3-5-13(26)10-12/h1-7,10,17,19,23,26H,8-9,11H2/t17-,19+/m0/s1. The SMILES string of the molecule is O=C1[C@@H]2Cc3c([nH]c4ccccc34)[C@@H](c3cccc(O)c3)N2C(=O)N1CCCl. The number of nitrogens with zero attached hydrogens (tertiary/aromatic N) is 2. The fourth-order valence-corrected chi connectivity index (χ4v) is 4.63. The van der Waals surface area contributed by atoms with Gasteiger partial charge < -0.3 is 10.1 Å². The zero-order chi connectivity index (χ0) is 19.4. The Bertz CT molecular complexity index is 1110. The van der Waals surface area contributed by atoms with Crippen molar-refractivity contribution in [2.75, 3.05) is 12.4 Å². The fraction of sp³-hybridized carbons (Fsp3) is 0.238. The number of aromatic hydroxyl groups is 1. The number of halogens is 1. The highest BCUT2D eigenvalue weighted by Gasteiger charge is 2.52. The minimum absolute atomic E-state index is 0.118. The van der Waals surface area contributed by atoms with E-state index in [-0.39, 0.29) is 30.1 Å². The van der Waals surface area contributed by atoms with Crippen LogP contribution >= 0.6 is 11.6 Å². The van der Waals surface area contributed by atoms with Crippen molar-refractivity contribution in [2.45, 2.75) is 18.5 Å². The summed E-state index contributed by atoms with van der Waals surface area (Å²) in [6.45, 7) is 0.188. The third-order valence-corrected chi connectivity index (χ3v) is 5.80. The van der Waals surface area contributed by atoms with Gasteiger partial charge in [0.05, 0.1) is 0 Å². The number of carbonyl (C=O) groups is 2. The first-order valence-electron chi connectivity index (χ1n) is 9.18. The van der Waals surface area contributed by atoms with Gasteiger partial charge in [0, 0.05) is 35.4 Å². The van der Waals surface area contributed by atoms with Gasteiger partial charge in [0.1, 0.15) is 17.8 Å². The van der Waals surface area contributed by atoms with Crippen molar-refractivity contribution >= 4 is 34.4 Å². The highest BCUT2D eigenvalue weighted by molar-refractivity contribution is 6.18. The van der Waals surface area contributed by atoms with Crippen LogP contribution in [0, 0.1) is 0 Å². The molecule has 3 heterocycles. The van der Waals surface area contributed by atoms with Gasteiger partial charge in [-0.1, -0.05) is 30.3 Å². The lowest BCUT2D eigenvalue weighted by molar-refractivity contribution is -0.128. The van der Waals surface area contributed by atoms with Crippen LogP contribution in [-0.2, 0) is 11.2 Å². The van der Waals surface area contributed by atoms with Crippen LogP contribution in [0.25, 0.3) is 10.9 Å². The summed E-state index contributed by atoms with van der Waals surface area (Å²) in [5.41, 5.74) is 3.65. The van der Waals surface area contributed by atoms with Crippen LogP contribution in [0.3, 0.4) is 0 Å². The van der Waals surface area contributed by atoms with Crippen LogP contribution in [-0.4, -0.2) is 50.3 Å². The largest absolute Gasteiger partial charge is 0.508 e. The highest BCUT2D eigenvalue weighted by atomic mass is 35.5. The second-order valence-electron chi connectivity index (χ2n) is 7.15. The molecule has 2 aromatic carbocycles. The molecule has 1 fully saturated rings. The number of para-hydroxylation sites is 1. The lowest BCUT2D eigenvalue weighted by Gasteiger charge is -2.36. The molecule has 0 saturated carbocycles. The Morgan fingerprint density at radius 3 is 2.75 bits per heavy atom. The van der Waals surface area contributed by atoms with E-state index in [1.54, 1.807) is 23.1 Å². The first-order chi connectivity index (χ1) is 13.6. The number of alkyl halides is 1. The number of fused-ring (bicyclic) bond motifs is 4. The van der Waals surface area contributed by atoms with E-state index in [1.165, 1.54) is 4.90 Å². The number of aromatic nitrogens is 1. The Labute approximate surface area is 166 Å². The smallest absolute Gasteiger partial charge is 0.328 e. The van der Waals surface area contributed by atoms with Gasteiger partial charge in [-0.25, -0.2) is 4.79 Å². The van der Waals surface area contributed by atoms with Crippen molar-refractivity contribution < 1.29 is 14.7 Å². The molecule has 0 spiro atoms. The summed E-state index contributed by atoms with van der Waals surface area (Å²) in [6.07, 6.45) is 0.456. The molecule has 2 aliphatic heterocycles. The number of nitrogens with one attached hydrogen (secondary N) is 1. The third-order valence-electron chi connectivity index (χ3n) is 5.63. The number of carbonyl (C=O) groups excluding carboxylic acids is 2. The molecule has 3 aromatic rings. The van der Waals surface area contributed by atoms with E-state index in [2.05, 4.69) is 4.98 Å². The molecule has 2 atom stereocenters. The van der Waals surface area contributed by atoms with Crippen LogP contribution in [0.2, 0.25) is 0 Å². The number of amides is 3. The summed E-state index contributed by atoms with van der Waals surface area (Å²) in [5.74, 6) is 0.0999. The number of benzene rings is 2. The molecular weight excluding hydrogens is 378 g/mol. The van der Waals surface area contributed by atoms with Crippen LogP contribution in [0.1, 0.15) is 22.9 Å². The number of hydrogen-bond acceptors (Lipinski definition) is 3. The minimum Gasteiger partial charge on any atom is -0.508 e. The number of rotatable bonds is 3. The van der Waals surface area contributed by atoms with Crippen LogP contribution in [0.15, 0.2) is 48.5 Å². The molecule has 7 heteroatoms. The third kappa shape index (κ3) is 2.34. The quantitative estimate of drug-likeness (QED) is 0.527. The van der Waals surface area contributed by atoms with Crippen molar-refractivity contribution in [1.82, 2.24) is 14.8 Å². The maximum Gasteiger partial charge on any atom is 0.328 e. The van der Waals surface area contributed by atoms with E-state index < -0.39 is 12.1 Å². The predicted octanol–water partition coefficient (Wildman–Crippen LogP) is 3.39. The summed E-state index contributed by atoms with van der Waals surface area (Å²) < 4.78 is 0. The minimum atomic E-state index is -0.574. The molecule has 0 aliphatic carbocycles. The molecule has 28 heavy (non-hydrogen) atoms. The number of urea groups is 1. The molecule has 1 aromatic heterocycles. The number of aromatic amines is 1. The molecule has 1 saturated heterocycles. The van der Waals surface area contributed by atoms with E-state index in [1.807, 2.05) is 30.3 Å². The summed E-state index contributed by atoms with van der Waals surface area (Å²) in [4.78, 5) is 32.4. The van der Waals surface area contributed by atoms with Gasteiger partial charge in [-0.05, 0) is 29.3 Å². The van der Waals surface area contributed by atoms with Crippen molar-refractivity contribution in [3.63, 3.8) is 0 Å². The molecule has 6 nitrogen and oxygen atoms in total. The van der Waals surface area contributed by atoms with Gasteiger partial charge >= 0.3 is 6.03 Å². The maximum atomic E-state index is 13.1. The summed E-state index contributed by atoms with van der Waals surface area (Å²) in [6, 6.07) is 13.4. The molecule has 2 aliphatic rings. The Morgan fingerprint density at radius 2 is 1.96 bits per heavy atom. The van der Waals surface area contributed by atoms with Crippen molar-refractivity contribution in [3.8, 4) is 5.75 Å². The van der Waals surface area contributed by atoms with Gasteiger partial charge in [-0.3, -0.25) is 14.6 Å². The molecular formula is C21H18ClN3O3. The summed E-state index contributed by atoms with van der Waals surface area (Å²) in [5, 5.41) is 11.1. The monoisotopic (exact) mass is 395 g/mol. The average Bonchev–Trinajstić information content (AvgIpc) is 3.18. The van der Waals surface area contributed by atoms with Gasteiger partial charge in [-0.2, -0.15) is 0 Å². The molecule has 0 unspecified atom stereocenters. The lowest BCUT2D eigenvalue weighted by atomic mass is 9.89. The number of phenols is 1. The van der Waals surface area contributed by atoms with Crippen LogP contribution in [0.4, 0.5) is 4.79 Å². The topological polar surface area (TPSA) is 76.6 Å². The fourth-order valence-electron chi connectivity index (χ4n) is 4.46. The van der Waals surface area contributed by atoms with Crippen molar-refractivity contribution in [2.24, 2.45) is 0 Å². The molecule has 2 N–H and O–H groups in total. The van der Waals surface area contributed by atoms with Gasteiger partial charge in [0.2, 0.25) is 0 Å². The van der Waals surface area contributed by atoms with E-state index in [0.717, 1.165) is 27.7 Å². The zero-order valence-corrected chi connectivity index (χ0v) is 15.7. The zero-order valence-electron chi connectivity index (χ0n) is 14.9. The normalized spacial score (nSPS) is 21.3. The van der Waals surface area contributed by atoms with E-state index in [4.69, 9.17) is 11.6 Å². The Hall–Kier alpha value is -2.99. The van der Waals surface area contributed by atoms with Crippen molar-refractivity contribution in [1.29, 1.82) is 0 Å². The van der Waals surface area contributed by atoms with E-state index in [9.17, 15) is 14.7 Å². The first kappa shape index (κ1) is 17.1. The number of H-pyrrole nitrogens is 1. The second-order valence-corrected chi connectivity index (χ2v) is 7.53. The Balaban J connectivity index is 1.73. The van der Waals surface area contributed by atoms with Crippen molar-refractivity contribution in [3.05, 3.63) is 65.4 Å².